The highest BCUT2D eigenvalue weighted by molar-refractivity contribution is 5.87. The molecule has 0 aliphatic rings. The number of hydrogen-bond donors (Lipinski definition) is 2. The molecule has 18 heavy (non-hydrogen) atoms. The Morgan fingerprint density at radius 2 is 2.28 bits per heavy atom. The van der Waals surface area contributed by atoms with Crippen molar-refractivity contribution in [2.45, 2.75) is 6.42 Å². The Balaban J connectivity index is 1.74. The molecule has 0 aliphatic heterocycles. The highest BCUT2D eigenvalue weighted by Gasteiger charge is 2.03. The summed E-state index contributed by atoms with van der Waals surface area (Å²) in [6, 6.07) is 5.01. The number of anilines is 1. The number of carbonyl (C=O) groups excluding carboxylic acids is 1. The van der Waals surface area contributed by atoms with E-state index in [-0.39, 0.29) is 6.03 Å². The third-order valence-electron chi connectivity index (χ3n) is 2.40. The molecule has 0 bridgehead atoms. The SMILES string of the molecule is Cn1nccc1CCNC(=O)Nc1cccnn1. The van der Waals surface area contributed by atoms with Gasteiger partial charge in [-0.2, -0.15) is 10.2 Å². The highest BCUT2D eigenvalue weighted by Crippen LogP contribution is 1.98. The van der Waals surface area contributed by atoms with Gasteiger partial charge in [-0.15, -0.1) is 5.10 Å². The zero-order valence-corrected chi connectivity index (χ0v) is 10.00. The summed E-state index contributed by atoms with van der Waals surface area (Å²) in [6.07, 6.45) is 4.00. The van der Waals surface area contributed by atoms with E-state index in [4.69, 9.17) is 0 Å². The van der Waals surface area contributed by atoms with Gasteiger partial charge in [0.15, 0.2) is 5.82 Å². The van der Waals surface area contributed by atoms with Gasteiger partial charge in [0, 0.05) is 38.1 Å². The Labute approximate surface area is 104 Å². The zero-order chi connectivity index (χ0) is 12.8. The molecule has 7 heteroatoms. The molecule has 0 saturated carbocycles. The van der Waals surface area contributed by atoms with E-state index in [1.54, 1.807) is 29.2 Å². The normalized spacial score (nSPS) is 10.1. The van der Waals surface area contributed by atoms with Gasteiger partial charge < -0.3 is 5.32 Å². The molecule has 0 radical (unpaired) electrons. The van der Waals surface area contributed by atoms with Crippen LogP contribution in [0.1, 0.15) is 5.69 Å². The molecule has 0 aromatic carbocycles. The van der Waals surface area contributed by atoms with E-state index in [1.165, 1.54) is 0 Å². The van der Waals surface area contributed by atoms with E-state index in [2.05, 4.69) is 25.9 Å². The van der Waals surface area contributed by atoms with Gasteiger partial charge in [-0.3, -0.25) is 10.00 Å². The molecule has 2 amide bonds. The fraction of sp³-hybridized carbons (Fsp3) is 0.273. The maximum absolute atomic E-state index is 11.5. The summed E-state index contributed by atoms with van der Waals surface area (Å²) in [5.74, 6) is 0.426. The Hall–Kier alpha value is -2.44. The van der Waals surface area contributed by atoms with E-state index in [0.717, 1.165) is 12.1 Å². The quantitative estimate of drug-likeness (QED) is 0.826. The van der Waals surface area contributed by atoms with Crippen molar-refractivity contribution in [2.24, 2.45) is 7.05 Å². The maximum atomic E-state index is 11.5. The number of nitrogens with one attached hydrogen (secondary N) is 2. The number of nitrogens with zero attached hydrogens (tertiary/aromatic N) is 4. The van der Waals surface area contributed by atoms with Crippen molar-refractivity contribution in [3.8, 4) is 0 Å². The van der Waals surface area contributed by atoms with Gasteiger partial charge in [0.1, 0.15) is 0 Å². The van der Waals surface area contributed by atoms with Crippen molar-refractivity contribution in [2.75, 3.05) is 11.9 Å². The average Bonchev–Trinajstić information content (AvgIpc) is 2.76. The minimum atomic E-state index is -0.294. The van der Waals surface area contributed by atoms with E-state index >= 15 is 0 Å². The number of aryl methyl sites for hydroxylation is 1. The zero-order valence-electron chi connectivity index (χ0n) is 10.00. The molecule has 2 aromatic heterocycles. The summed E-state index contributed by atoms with van der Waals surface area (Å²) in [5.41, 5.74) is 1.06. The summed E-state index contributed by atoms with van der Waals surface area (Å²) in [4.78, 5) is 11.5. The van der Waals surface area contributed by atoms with Crippen LogP contribution >= 0.6 is 0 Å². The summed E-state index contributed by atoms with van der Waals surface area (Å²) < 4.78 is 1.78. The number of amides is 2. The van der Waals surface area contributed by atoms with Crippen LogP contribution in [0, 0.1) is 0 Å². The molecule has 0 spiro atoms. The number of hydrogen-bond acceptors (Lipinski definition) is 4. The molecule has 2 N–H and O–H groups in total. The Bertz CT molecular complexity index is 509. The second kappa shape index (κ2) is 5.76. The molecule has 0 unspecified atom stereocenters. The summed E-state index contributed by atoms with van der Waals surface area (Å²) in [6.45, 7) is 0.533. The topological polar surface area (TPSA) is 84.7 Å². The van der Waals surface area contributed by atoms with E-state index in [0.29, 0.717) is 12.4 Å². The number of rotatable bonds is 4. The van der Waals surface area contributed by atoms with Crippen LogP contribution in [0.5, 0.6) is 0 Å². The third-order valence-corrected chi connectivity index (χ3v) is 2.40. The minimum Gasteiger partial charge on any atom is -0.337 e. The van der Waals surface area contributed by atoms with Crippen molar-refractivity contribution in [1.82, 2.24) is 25.3 Å². The van der Waals surface area contributed by atoms with Crippen molar-refractivity contribution in [1.29, 1.82) is 0 Å². The predicted molar refractivity (Wildman–Crippen MR) is 66.0 cm³/mol. The monoisotopic (exact) mass is 246 g/mol. The van der Waals surface area contributed by atoms with Crippen LogP contribution in [0.25, 0.3) is 0 Å². The molecule has 94 valence electrons. The second-order valence-corrected chi connectivity index (χ2v) is 3.69. The second-order valence-electron chi connectivity index (χ2n) is 3.69. The average molecular weight is 246 g/mol. The van der Waals surface area contributed by atoms with Crippen LogP contribution in [-0.4, -0.2) is 32.6 Å². The van der Waals surface area contributed by atoms with Crippen molar-refractivity contribution >= 4 is 11.8 Å². The number of carbonyl (C=O) groups is 1. The van der Waals surface area contributed by atoms with Gasteiger partial charge in [-0.25, -0.2) is 4.79 Å². The van der Waals surface area contributed by atoms with Gasteiger partial charge in [-0.05, 0) is 18.2 Å². The lowest BCUT2D eigenvalue weighted by Crippen LogP contribution is -2.31. The first kappa shape index (κ1) is 12.0. The van der Waals surface area contributed by atoms with Gasteiger partial charge in [0.25, 0.3) is 0 Å². The fourth-order valence-electron chi connectivity index (χ4n) is 1.48. The lowest BCUT2D eigenvalue weighted by molar-refractivity contribution is 0.252. The maximum Gasteiger partial charge on any atom is 0.320 e. The highest BCUT2D eigenvalue weighted by atomic mass is 16.2. The lowest BCUT2D eigenvalue weighted by Gasteiger charge is -2.06. The molecule has 0 fully saturated rings. The standard InChI is InChI=1S/C11H14N6O/c1-17-9(5-8-14-17)4-7-12-11(18)15-10-3-2-6-13-16-10/h2-3,5-6,8H,4,7H2,1H3,(H2,12,15,16,18). The summed E-state index contributed by atoms with van der Waals surface area (Å²) in [5, 5.41) is 16.8. The van der Waals surface area contributed by atoms with Crippen LogP contribution in [0.3, 0.4) is 0 Å². The Kier molecular flexibility index (Phi) is 3.85. The molecular weight excluding hydrogens is 232 g/mol. The van der Waals surface area contributed by atoms with Gasteiger partial charge in [0.2, 0.25) is 0 Å². The van der Waals surface area contributed by atoms with E-state index < -0.39 is 0 Å². The first-order chi connectivity index (χ1) is 8.75. The lowest BCUT2D eigenvalue weighted by atomic mass is 10.3. The first-order valence-electron chi connectivity index (χ1n) is 5.55. The smallest absolute Gasteiger partial charge is 0.320 e. The molecule has 2 heterocycles. The molecule has 0 atom stereocenters. The molecule has 2 aromatic rings. The molecule has 7 nitrogen and oxygen atoms in total. The van der Waals surface area contributed by atoms with Gasteiger partial charge in [0.05, 0.1) is 0 Å². The van der Waals surface area contributed by atoms with Crippen molar-refractivity contribution in [3.05, 3.63) is 36.3 Å². The third kappa shape index (κ3) is 3.27. The van der Waals surface area contributed by atoms with Gasteiger partial charge >= 0.3 is 6.03 Å². The number of urea groups is 1. The predicted octanol–water partition coefficient (Wildman–Crippen LogP) is 0.574. The van der Waals surface area contributed by atoms with Crippen molar-refractivity contribution in [3.63, 3.8) is 0 Å². The molecule has 2 rings (SSSR count). The fourth-order valence-corrected chi connectivity index (χ4v) is 1.48. The number of aromatic nitrogens is 4. The van der Waals surface area contributed by atoms with Gasteiger partial charge in [-0.1, -0.05) is 0 Å². The summed E-state index contributed by atoms with van der Waals surface area (Å²) >= 11 is 0. The minimum absolute atomic E-state index is 0.294. The van der Waals surface area contributed by atoms with E-state index in [1.807, 2.05) is 13.1 Å². The molecular formula is C11H14N6O. The van der Waals surface area contributed by atoms with Crippen LogP contribution in [-0.2, 0) is 13.5 Å². The first-order valence-corrected chi connectivity index (χ1v) is 5.55. The van der Waals surface area contributed by atoms with Crippen LogP contribution in [0.2, 0.25) is 0 Å². The molecule has 0 saturated heterocycles. The molecule has 0 aliphatic carbocycles. The van der Waals surface area contributed by atoms with Crippen molar-refractivity contribution < 1.29 is 4.79 Å². The summed E-state index contributed by atoms with van der Waals surface area (Å²) in [7, 11) is 1.87. The van der Waals surface area contributed by atoms with Crippen LogP contribution < -0.4 is 10.6 Å². The van der Waals surface area contributed by atoms with Crippen LogP contribution in [0.4, 0.5) is 10.6 Å². The Morgan fingerprint density at radius 3 is 2.94 bits per heavy atom. The van der Waals surface area contributed by atoms with E-state index in [9.17, 15) is 4.79 Å². The van der Waals surface area contributed by atoms with Crippen LogP contribution in [0.15, 0.2) is 30.6 Å². The largest absolute Gasteiger partial charge is 0.337 e. The Morgan fingerprint density at radius 1 is 1.39 bits per heavy atom.